The second-order valence-electron chi connectivity index (χ2n) is 5.45. The van der Waals surface area contributed by atoms with Gasteiger partial charge in [-0.25, -0.2) is 8.78 Å². The van der Waals surface area contributed by atoms with Crippen LogP contribution in [-0.4, -0.2) is 54.3 Å². The fraction of sp³-hybridized carbons (Fsp3) is 0.533. The van der Waals surface area contributed by atoms with E-state index in [0.29, 0.717) is 6.04 Å². The van der Waals surface area contributed by atoms with Crippen LogP contribution in [0.2, 0.25) is 0 Å². The van der Waals surface area contributed by atoms with Gasteiger partial charge in [0.1, 0.15) is 11.6 Å². The first kappa shape index (κ1) is 15.1. The van der Waals surface area contributed by atoms with Crippen LogP contribution >= 0.6 is 0 Å². The SMILES string of the molecule is CC(C)N1CCN(CC(=O)c2cc(F)ccc2F)CC1. The maximum absolute atomic E-state index is 13.5. The van der Waals surface area contributed by atoms with Crippen molar-refractivity contribution in [3.63, 3.8) is 0 Å². The van der Waals surface area contributed by atoms with Crippen molar-refractivity contribution in [1.29, 1.82) is 0 Å². The van der Waals surface area contributed by atoms with Crippen LogP contribution in [0.15, 0.2) is 18.2 Å². The zero-order valence-corrected chi connectivity index (χ0v) is 11.9. The molecule has 1 saturated heterocycles. The van der Waals surface area contributed by atoms with Crippen molar-refractivity contribution < 1.29 is 13.6 Å². The lowest BCUT2D eigenvalue weighted by Gasteiger charge is -2.36. The molecule has 110 valence electrons. The Morgan fingerprint density at radius 3 is 2.45 bits per heavy atom. The molecule has 0 radical (unpaired) electrons. The summed E-state index contributed by atoms with van der Waals surface area (Å²) in [6.45, 7) is 7.78. The Balaban J connectivity index is 1.94. The number of carbonyl (C=O) groups is 1. The van der Waals surface area contributed by atoms with Crippen molar-refractivity contribution in [3.8, 4) is 0 Å². The maximum Gasteiger partial charge on any atom is 0.179 e. The largest absolute Gasteiger partial charge is 0.298 e. The Morgan fingerprint density at radius 2 is 1.85 bits per heavy atom. The number of rotatable bonds is 4. The van der Waals surface area contributed by atoms with E-state index in [-0.39, 0.29) is 17.9 Å². The Kier molecular flexibility index (Phi) is 4.83. The van der Waals surface area contributed by atoms with Gasteiger partial charge in [-0.1, -0.05) is 0 Å². The summed E-state index contributed by atoms with van der Waals surface area (Å²) in [7, 11) is 0. The molecule has 20 heavy (non-hydrogen) atoms. The predicted molar refractivity (Wildman–Crippen MR) is 73.8 cm³/mol. The van der Waals surface area contributed by atoms with Gasteiger partial charge in [0.15, 0.2) is 5.78 Å². The summed E-state index contributed by atoms with van der Waals surface area (Å²) in [6, 6.07) is 3.49. The molecule has 2 rings (SSSR count). The highest BCUT2D eigenvalue weighted by molar-refractivity contribution is 5.97. The second kappa shape index (κ2) is 6.41. The first-order valence-corrected chi connectivity index (χ1v) is 6.92. The summed E-state index contributed by atoms with van der Waals surface area (Å²) in [5, 5.41) is 0. The molecule has 5 heteroatoms. The van der Waals surface area contributed by atoms with E-state index in [9.17, 15) is 13.6 Å². The minimum atomic E-state index is -0.655. The quantitative estimate of drug-likeness (QED) is 0.791. The Bertz CT molecular complexity index is 483. The number of benzene rings is 1. The lowest BCUT2D eigenvalue weighted by molar-refractivity contribution is 0.0803. The molecule has 1 fully saturated rings. The van der Waals surface area contributed by atoms with Gasteiger partial charge < -0.3 is 0 Å². The van der Waals surface area contributed by atoms with E-state index < -0.39 is 11.6 Å². The molecule has 0 bridgehead atoms. The van der Waals surface area contributed by atoms with Gasteiger partial charge in [0.25, 0.3) is 0 Å². The first-order chi connectivity index (χ1) is 9.47. The van der Waals surface area contributed by atoms with Gasteiger partial charge >= 0.3 is 0 Å². The number of halogens is 2. The van der Waals surface area contributed by atoms with Crippen LogP contribution in [0.5, 0.6) is 0 Å². The third-order valence-electron chi connectivity index (χ3n) is 3.73. The van der Waals surface area contributed by atoms with E-state index in [1.165, 1.54) is 0 Å². The molecule has 0 amide bonds. The van der Waals surface area contributed by atoms with E-state index in [1.54, 1.807) is 0 Å². The van der Waals surface area contributed by atoms with Crippen molar-refractivity contribution >= 4 is 5.78 Å². The number of carbonyl (C=O) groups excluding carboxylic acids is 1. The fourth-order valence-electron chi connectivity index (χ4n) is 2.44. The van der Waals surface area contributed by atoms with Crippen LogP contribution in [0, 0.1) is 11.6 Å². The van der Waals surface area contributed by atoms with Gasteiger partial charge in [-0.3, -0.25) is 14.6 Å². The lowest BCUT2D eigenvalue weighted by atomic mass is 10.1. The highest BCUT2D eigenvalue weighted by atomic mass is 19.1. The van der Waals surface area contributed by atoms with Crippen molar-refractivity contribution in [2.75, 3.05) is 32.7 Å². The third-order valence-corrected chi connectivity index (χ3v) is 3.73. The van der Waals surface area contributed by atoms with Gasteiger partial charge in [0.2, 0.25) is 0 Å². The molecule has 1 aliphatic heterocycles. The van der Waals surface area contributed by atoms with Crippen molar-refractivity contribution in [3.05, 3.63) is 35.4 Å². The molecule has 0 spiro atoms. The molecule has 0 aromatic heterocycles. The minimum absolute atomic E-state index is 0.145. The lowest BCUT2D eigenvalue weighted by Crippen LogP contribution is -2.50. The molecule has 3 nitrogen and oxygen atoms in total. The van der Waals surface area contributed by atoms with Crippen LogP contribution in [0.1, 0.15) is 24.2 Å². The molecular weight excluding hydrogens is 262 g/mol. The summed E-state index contributed by atoms with van der Waals surface area (Å²) in [6.07, 6.45) is 0. The average Bonchev–Trinajstić information content (AvgIpc) is 2.42. The maximum atomic E-state index is 13.5. The van der Waals surface area contributed by atoms with E-state index >= 15 is 0 Å². The van der Waals surface area contributed by atoms with E-state index in [4.69, 9.17) is 0 Å². The zero-order chi connectivity index (χ0) is 14.7. The number of hydrogen-bond acceptors (Lipinski definition) is 3. The van der Waals surface area contributed by atoms with Crippen LogP contribution < -0.4 is 0 Å². The average molecular weight is 282 g/mol. The summed E-state index contributed by atoms with van der Waals surface area (Å²) < 4.78 is 26.6. The molecule has 1 heterocycles. The topological polar surface area (TPSA) is 23.6 Å². The number of piperazine rings is 1. The molecular formula is C15H20F2N2O. The molecule has 0 atom stereocenters. The van der Waals surface area contributed by atoms with E-state index in [0.717, 1.165) is 44.4 Å². The summed E-state index contributed by atoms with van der Waals surface area (Å²) in [4.78, 5) is 16.4. The van der Waals surface area contributed by atoms with Crippen LogP contribution in [0.3, 0.4) is 0 Å². The normalized spacial score (nSPS) is 17.6. The first-order valence-electron chi connectivity index (χ1n) is 6.92. The molecule has 0 unspecified atom stereocenters. The zero-order valence-electron chi connectivity index (χ0n) is 11.9. The number of Topliss-reactive ketones (excluding diaryl/α,β-unsaturated/α-hetero) is 1. The molecule has 0 N–H and O–H groups in total. The van der Waals surface area contributed by atoms with Crippen LogP contribution in [0.25, 0.3) is 0 Å². The van der Waals surface area contributed by atoms with Gasteiger partial charge in [-0.15, -0.1) is 0 Å². The van der Waals surface area contributed by atoms with Crippen LogP contribution in [0.4, 0.5) is 8.78 Å². The fourth-order valence-corrected chi connectivity index (χ4v) is 2.44. The number of nitrogens with zero attached hydrogens (tertiary/aromatic N) is 2. The molecule has 1 aromatic rings. The summed E-state index contributed by atoms with van der Waals surface area (Å²) in [5.41, 5.74) is -0.156. The van der Waals surface area contributed by atoms with Gasteiger partial charge in [0.05, 0.1) is 12.1 Å². The summed E-state index contributed by atoms with van der Waals surface area (Å²) in [5.74, 6) is -1.60. The van der Waals surface area contributed by atoms with E-state index in [2.05, 4.69) is 18.7 Å². The second-order valence-corrected chi connectivity index (χ2v) is 5.45. The Labute approximate surface area is 118 Å². The minimum Gasteiger partial charge on any atom is -0.298 e. The van der Waals surface area contributed by atoms with Crippen LogP contribution in [-0.2, 0) is 0 Å². The predicted octanol–water partition coefficient (Wildman–Crippen LogP) is 2.17. The van der Waals surface area contributed by atoms with Crippen molar-refractivity contribution in [1.82, 2.24) is 9.80 Å². The highest BCUT2D eigenvalue weighted by Gasteiger charge is 2.22. The third kappa shape index (κ3) is 3.61. The van der Waals surface area contributed by atoms with Crippen molar-refractivity contribution in [2.24, 2.45) is 0 Å². The van der Waals surface area contributed by atoms with Crippen molar-refractivity contribution in [2.45, 2.75) is 19.9 Å². The Morgan fingerprint density at radius 1 is 1.20 bits per heavy atom. The molecule has 0 aliphatic carbocycles. The number of ketones is 1. The standard InChI is InChI=1S/C15H20F2N2O/c1-11(2)19-7-5-18(6-8-19)10-15(20)13-9-12(16)3-4-14(13)17/h3-4,9,11H,5-8,10H2,1-2H3. The van der Waals surface area contributed by atoms with E-state index in [1.807, 2.05) is 4.90 Å². The number of hydrogen-bond donors (Lipinski definition) is 0. The smallest absolute Gasteiger partial charge is 0.179 e. The Hall–Kier alpha value is -1.33. The monoisotopic (exact) mass is 282 g/mol. The summed E-state index contributed by atoms with van der Waals surface area (Å²) >= 11 is 0. The van der Waals surface area contributed by atoms with Gasteiger partial charge in [-0.2, -0.15) is 0 Å². The molecule has 1 aliphatic rings. The van der Waals surface area contributed by atoms with Gasteiger partial charge in [0, 0.05) is 32.2 Å². The van der Waals surface area contributed by atoms with Gasteiger partial charge in [-0.05, 0) is 32.0 Å². The highest BCUT2D eigenvalue weighted by Crippen LogP contribution is 2.12. The molecule has 0 saturated carbocycles. The molecule has 1 aromatic carbocycles.